The van der Waals surface area contributed by atoms with Crippen LogP contribution in [0.5, 0.6) is 0 Å². The van der Waals surface area contributed by atoms with Crippen molar-refractivity contribution in [3.05, 3.63) is 47.1 Å². The van der Waals surface area contributed by atoms with Gasteiger partial charge in [0.05, 0.1) is 0 Å². The van der Waals surface area contributed by atoms with Crippen LogP contribution in [0, 0.1) is 5.92 Å². The average Bonchev–Trinajstić information content (AvgIpc) is 3.28. The molecule has 110 valence electrons. The van der Waals surface area contributed by atoms with Gasteiger partial charge in [-0.25, -0.2) is 4.52 Å². The molecule has 0 bridgehead atoms. The fourth-order valence-electron chi connectivity index (χ4n) is 2.37. The summed E-state index contributed by atoms with van der Waals surface area (Å²) < 4.78 is 2.72. The van der Waals surface area contributed by atoms with Gasteiger partial charge in [-0.1, -0.05) is 28.1 Å². The molecular formula is C16H13BrN4O. The van der Waals surface area contributed by atoms with Gasteiger partial charge in [0.2, 0.25) is 11.9 Å². The lowest BCUT2D eigenvalue weighted by molar-refractivity contribution is -0.117. The van der Waals surface area contributed by atoms with Crippen LogP contribution < -0.4 is 5.32 Å². The second-order valence-electron chi connectivity index (χ2n) is 5.40. The highest BCUT2D eigenvalue weighted by molar-refractivity contribution is 9.10. The van der Waals surface area contributed by atoms with E-state index in [0.29, 0.717) is 5.95 Å². The monoisotopic (exact) mass is 356 g/mol. The smallest absolute Gasteiger partial charge is 0.249 e. The standard InChI is InChI=1S/C16H13BrN4O/c17-12-7-5-10(6-8-12)13-2-1-9-21-14(13)18-16(20-21)19-15(22)11-3-4-11/h1-2,5-9,11H,3-4H2,(H,19,20,22). The van der Waals surface area contributed by atoms with E-state index in [2.05, 4.69) is 31.3 Å². The van der Waals surface area contributed by atoms with Gasteiger partial charge in [0, 0.05) is 22.2 Å². The van der Waals surface area contributed by atoms with E-state index in [1.165, 1.54) is 0 Å². The van der Waals surface area contributed by atoms with Crippen molar-refractivity contribution in [1.82, 2.24) is 14.6 Å². The van der Waals surface area contributed by atoms with E-state index < -0.39 is 0 Å². The predicted molar refractivity (Wildman–Crippen MR) is 87.5 cm³/mol. The lowest BCUT2D eigenvalue weighted by atomic mass is 10.1. The molecule has 22 heavy (non-hydrogen) atoms. The fourth-order valence-corrected chi connectivity index (χ4v) is 2.64. The van der Waals surface area contributed by atoms with Gasteiger partial charge >= 0.3 is 0 Å². The molecule has 1 aliphatic carbocycles. The van der Waals surface area contributed by atoms with Crippen LogP contribution in [-0.4, -0.2) is 20.5 Å². The topological polar surface area (TPSA) is 59.3 Å². The van der Waals surface area contributed by atoms with E-state index in [0.717, 1.165) is 34.1 Å². The molecule has 1 N–H and O–H groups in total. The number of hydrogen-bond acceptors (Lipinski definition) is 3. The van der Waals surface area contributed by atoms with Crippen molar-refractivity contribution in [3.63, 3.8) is 0 Å². The molecule has 5 nitrogen and oxygen atoms in total. The summed E-state index contributed by atoms with van der Waals surface area (Å²) in [6.07, 6.45) is 3.75. The van der Waals surface area contributed by atoms with Crippen molar-refractivity contribution < 1.29 is 4.79 Å². The Balaban J connectivity index is 1.74. The first-order valence-electron chi connectivity index (χ1n) is 7.13. The fraction of sp³-hybridized carbons (Fsp3) is 0.188. The van der Waals surface area contributed by atoms with Gasteiger partial charge in [0.1, 0.15) is 0 Å². The molecule has 1 aliphatic rings. The summed E-state index contributed by atoms with van der Waals surface area (Å²) in [5.74, 6) is 0.514. The molecule has 0 saturated heterocycles. The first-order chi connectivity index (χ1) is 10.7. The Bertz CT molecular complexity index is 852. The number of nitrogens with zero attached hydrogens (tertiary/aromatic N) is 3. The van der Waals surface area contributed by atoms with Crippen molar-refractivity contribution in [3.8, 4) is 11.1 Å². The molecule has 1 saturated carbocycles. The molecule has 1 amide bonds. The van der Waals surface area contributed by atoms with Crippen molar-refractivity contribution >= 4 is 33.4 Å². The minimum atomic E-state index is 0.0149. The number of nitrogens with one attached hydrogen (secondary N) is 1. The third-order valence-corrected chi connectivity index (χ3v) is 4.23. The number of benzene rings is 1. The van der Waals surface area contributed by atoms with Gasteiger partial charge in [-0.15, -0.1) is 5.10 Å². The maximum atomic E-state index is 11.8. The molecule has 0 aliphatic heterocycles. The Labute approximate surface area is 135 Å². The number of fused-ring (bicyclic) bond motifs is 1. The maximum absolute atomic E-state index is 11.8. The highest BCUT2D eigenvalue weighted by Crippen LogP contribution is 2.30. The number of amides is 1. The van der Waals surface area contributed by atoms with Gasteiger partial charge in [-0.3, -0.25) is 10.1 Å². The summed E-state index contributed by atoms with van der Waals surface area (Å²) in [7, 11) is 0. The first-order valence-corrected chi connectivity index (χ1v) is 7.92. The SMILES string of the molecule is O=C(Nc1nc2c(-c3ccc(Br)cc3)cccn2n1)C1CC1. The quantitative estimate of drug-likeness (QED) is 0.781. The van der Waals surface area contributed by atoms with Crippen LogP contribution in [-0.2, 0) is 4.79 Å². The van der Waals surface area contributed by atoms with Crippen LogP contribution in [0.3, 0.4) is 0 Å². The molecule has 2 heterocycles. The van der Waals surface area contributed by atoms with Crippen molar-refractivity contribution in [1.29, 1.82) is 0 Å². The van der Waals surface area contributed by atoms with E-state index in [1.54, 1.807) is 4.52 Å². The number of pyridine rings is 1. The van der Waals surface area contributed by atoms with E-state index in [4.69, 9.17) is 0 Å². The molecule has 0 spiro atoms. The minimum Gasteiger partial charge on any atom is -0.293 e. The normalized spacial score (nSPS) is 14.2. The Hall–Kier alpha value is -2.21. The van der Waals surface area contributed by atoms with Crippen LogP contribution in [0.2, 0.25) is 0 Å². The van der Waals surface area contributed by atoms with Gasteiger partial charge in [0.25, 0.3) is 0 Å². The zero-order valence-corrected chi connectivity index (χ0v) is 13.2. The van der Waals surface area contributed by atoms with Crippen LogP contribution >= 0.6 is 15.9 Å². The third kappa shape index (κ3) is 2.50. The highest BCUT2D eigenvalue weighted by atomic mass is 79.9. The van der Waals surface area contributed by atoms with E-state index in [-0.39, 0.29) is 11.8 Å². The molecule has 2 aromatic heterocycles. The number of halogens is 1. The number of carbonyl (C=O) groups excluding carboxylic acids is 1. The van der Waals surface area contributed by atoms with Crippen molar-refractivity contribution in [2.24, 2.45) is 5.92 Å². The Morgan fingerprint density at radius 3 is 2.73 bits per heavy atom. The van der Waals surface area contributed by atoms with E-state index in [9.17, 15) is 4.79 Å². The average molecular weight is 357 g/mol. The molecule has 0 radical (unpaired) electrons. The number of carbonyl (C=O) groups is 1. The highest BCUT2D eigenvalue weighted by Gasteiger charge is 2.30. The predicted octanol–water partition coefficient (Wildman–Crippen LogP) is 3.51. The molecular weight excluding hydrogens is 344 g/mol. The third-order valence-electron chi connectivity index (χ3n) is 3.70. The molecule has 0 unspecified atom stereocenters. The van der Waals surface area contributed by atoms with Crippen LogP contribution in [0.25, 0.3) is 16.8 Å². The second kappa shape index (κ2) is 5.21. The molecule has 0 atom stereocenters. The Morgan fingerprint density at radius 2 is 2.00 bits per heavy atom. The summed E-state index contributed by atoms with van der Waals surface area (Å²) in [4.78, 5) is 16.3. The van der Waals surface area contributed by atoms with E-state index in [1.807, 2.05) is 42.6 Å². The zero-order chi connectivity index (χ0) is 15.1. The molecule has 1 fully saturated rings. The zero-order valence-electron chi connectivity index (χ0n) is 11.7. The maximum Gasteiger partial charge on any atom is 0.249 e. The summed E-state index contributed by atoms with van der Waals surface area (Å²) in [5, 5.41) is 7.12. The van der Waals surface area contributed by atoms with Gasteiger partial charge in [-0.05, 0) is 42.7 Å². The lowest BCUT2D eigenvalue weighted by Gasteiger charge is -2.02. The number of hydrogen-bond donors (Lipinski definition) is 1. The van der Waals surface area contributed by atoms with Crippen LogP contribution in [0.1, 0.15) is 12.8 Å². The summed E-state index contributed by atoms with van der Waals surface area (Å²) in [6, 6.07) is 12.0. The van der Waals surface area contributed by atoms with Gasteiger partial charge < -0.3 is 0 Å². The molecule has 3 aromatic rings. The Kier molecular flexibility index (Phi) is 3.18. The molecule has 4 rings (SSSR count). The van der Waals surface area contributed by atoms with Gasteiger partial charge in [-0.2, -0.15) is 4.98 Å². The van der Waals surface area contributed by atoms with Crippen LogP contribution in [0.4, 0.5) is 5.95 Å². The summed E-state index contributed by atoms with van der Waals surface area (Å²) >= 11 is 3.44. The second-order valence-corrected chi connectivity index (χ2v) is 6.31. The summed E-state index contributed by atoms with van der Waals surface area (Å²) in [5.41, 5.74) is 2.77. The van der Waals surface area contributed by atoms with E-state index >= 15 is 0 Å². The van der Waals surface area contributed by atoms with Crippen molar-refractivity contribution in [2.75, 3.05) is 5.32 Å². The number of aromatic nitrogens is 3. The molecule has 1 aromatic carbocycles. The first kappa shape index (κ1) is 13.5. The number of anilines is 1. The minimum absolute atomic E-state index is 0.0149. The molecule has 6 heteroatoms. The largest absolute Gasteiger partial charge is 0.293 e. The van der Waals surface area contributed by atoms with Crippen LogP contribution in [0.15, 0.2) is 47.1 Å². The van der Waals surface area contributed by atoms with Gasteiger partial charge in [0.15, 0.2) is 5.65 Å². The number of rotatable bonds is 3. The van der Waals surface area contributed by atoms with Crippen molar-refractivity contribution in [2.45, 2.75) is 12.8 Å². The Morgan fingerprint density at radius 1 is 1.23 bits per heavy atom. The lowest BCUT2D eigenvalue weighted by Crippen LogP contribution is -2.14. The summed E-state index contributed by atoms with van der Waals surface area (Å²) in [6.45, 7) is 0.